The lowest BCUT2D eigenvalue weighted by molar-refractivity contribution is -0.138. The predicted molar refractivity (Wildman–Crippen MR) is 56.3 cm³/mol. The third-order valence-corrected chi connectivity index (χ3v) is 1.90. The van der Waals surface area contributed by atoms with E-state index in [-0.39, 0.29) is 12.5 Å². The molecule has 78 valence electrons. The number of nitrogens with zero attached hydrogens (tertiary/aromatic N) is 1. The lowest BCUT2D eigenvalue weighted by Crippen LogP contribution is -2.14. The summed E-state index contributed by atoms with van der Waals surface area (Å²) in [5, 5.41) is 11.4. The minimum atomic E-state index is -0.309. The van der Waals surface area contributed by atoms with Gasteiger partial charge in [0.05, 0.1) is 19.6 Å². The van der Waals surface area contributed by atoms with Gasteiger partial charge in [-0.05, 0) is 17.7 Å². The molecule has 0 aromatic heterocycles. The molecule has 4 nitrogen and oxygen atoms in total. The van der Waals surface area contributed by atoms with Crippen molar-refractivity contribution >= 4 is 11.7 Å². The first-order valence-corrected chi connectivity index (χ1v) is 4.53. The maximum Gasteiger partial charge on any atom is 0.325 e. The number of carbonyl (C=O) groups excluding carboxylic acids is 1. The molecule has 1 rings (SSSR count). The molecule has 0 amide bonds. The number of hydrogen-bond donors (Lipinski definition) is 1. The lowest BCUT2D eigenvalue weighted by Gasteiger charge is -2.04. The Labute approximate surface area is 88.5 Å². The fraction of sp³-hybridized carbons (Fsp3) is 0.273. The molecule has 0 aliphatic carbocycles. The van der Waals surface area contributed by atoms with Gasteiger partial charge in [-0.1, -0.05) is 12.1 Å². The van der Waals surface area contributed by atoms with Crippen molar-refractivity contribution in [2.45, 2.75) is 6.42 Å². The van der Waals surface area contributed by atoms with Gasteiger partial charge >= 0.3 is 5.97 Å². The van der Waals surface area contributed by atoms with Crippen molar-refractivity contribution in [3.05, 3.63) is 29.8 Å². The van der Waals surface area contributed by atoms with E-state index in [1.807, 2.05) is 24.3 Å². The van der Waals surface area contributed by atoms with E-state index < -0.39 is 0 Å². The molecule has 0 heterocycles. The summed E-state index contributed by atoms with van der Waals surface area (Å²) < 4.78 is 4.49. The van der Waals surface area contributed by atoms with Gasteiger partial charge in [0.25, 0.3) is 0 Å². The van der Waals surface area contributed by atoms with Crippen molar-refractivity contribution in [3.8, 4) is 6.07 Å². The van der Waals surface area contributed by atoms with Crippen LogP contribution in [0.1, 0.15) is 5.56 Å². The molecule has 0 aliphatic rings. The first kappa shape index (κ1) is 11.1. The molecule has 0 saturated heterocycles. The standard InChI is InChI=1S/C11H12N2O2/c1-15-11(14)8-13-10-4-2-9(3-5-10)6-7-12/h2-5,13H,6,8H2,1H3. The number of carbonyl (C=O) groups is 1. The van der Waals surface area contributed by atoms with Crippen LogP contribution in [-0.4, -0.2) is 19.6 Å². The third-order valence-electron chi connectivity index (χ3n) is 1.90. The number of methoxy groups -OCH3 is 1. The Morgan fingerprint density at radius 1 is 1.47 bits per heavy atom. The number of nitrogens with one attached hydrogen (secondary N) is 1. The van der Waals surface area contributed by atoms with Crippen molar-refractivity contribution in [2.75, 3.05) is 19.0 Å². The summed E-state index contributed by atoms with van der Waals surface area (Å²) in [7, 11) is 1.35. The number of benzene rings is 1. The van der Waals surface area contributed by atoms with Crippen LogP contribution in [-0.2, 0) is 16.0 Å². The zero-order chi connectivity index (χ0) is 11.1. The Morgan fingerprint density at radius 2 is 2.13 bits per heavy atom. The van der Waals surface area contributed by atoms with Gasteiger partial charge in [-0.25, -0.2) is 0 Å². The van der Waals surface area contributed by atoms with E-state index in [0.29, 0.717) is 6.42 Å². The minimum absolute atomic E-state index is 0.147. The normalized spacial score (nSPS) is 9.07. The number of ether oxygens (including phenoxy) is 1. The van der Waals surface area contributed by atoms with Crippen LogP contribution in [0, 0.1) is 11.3 Å². The molecule has 0 bridgehead atoms. The Hall–Kier alpha value is -2.02. The predicted octanol–water partition coefficient (Wildman–Crippen LogP) is 1.34. The van der Waals surface area contributed by atoms with E-state index in [9.17, 15) is 4.79 Å². The largest absolute Gasteiger partial charge is 0.468 e. The number of anilines is 1. The molecule has 0 unspecified atom stereocenters. The first-order valence-electron chi connectivity index (χ1n) is 4.53. The van der Waals surface area contributed by atoms with Crippen molar-refractivity contribution in [2.24, 2.45) is 0 Å². The van der Waals surface area contributed by atoms with E-state index in [4.69, 9.17) is 5.26 Å². The molecule has 0 radical (unpaired) electrons. The van der Waals surface area contributed by atoms with Crippen LogP contribution in [0.3, 0.4) is 0 Å². The molecular formula is C11H12N2O2. The number of nitriles is 1. The van der Waals surface area contributed by atoms with Crippen molar-refractivity contribution in [1.29, 1.82) is 5.26 Å². The van der Waals surface area contributed by atoms with Crippen molar-refractivity contribution in [3.63, 3.8) is 0 Å². The van der Waals surface area contributed by atoms with Gasteiger partial charge in [0.2, 0.25) is 0 Å². The average Bonchev–Trinajstić information content (AvgIpc) is 2.28. The Bertz CT molecular complexity index is 365. The average molecular weight is 204 g/mol. The SMILES string of the molecule is COC(=O)CNc1ccc(CC#N)cc1. The maximum absolute atomic E-state index is 10.8. The fourth-order valence-corrected chi connectivity index (χ4v) is 1.08. The summed E-state index contributed by atoms with van der Waals surface area (Å²) in [6.07, 6.45) is 0.400. The summed E-state index contributed by atoms with van der Waals surface area (Å²) in [6, 6.07) is 9.43. The number of esters is 1. The summed E-state index contributed by atoms with van der Waals surface area (Å²) >= 11 is 0. The van der Waals surface area contributed by atoms with E-state index in [1.165, 1.54) is 7.11 Å². The zero-order valence-corrected chi connectivity index (χ0v) is 8.49. The second-order valence-corrected chi connectivity index (χ2v) is 2.96. The van der Waals surface area contributed by atoms with Crippen LogP contribution >= 0.6 is 0 Å². The molecule has 0 fully saturated rings. The van der Waals surface area contributed by atoms with Gasteiger partial charge in [0.15, 0.2) is 0 Å². The van der Waals surface area contributed by atoms with E-state index in [0.717, 1.165) is 11.3 Å². The molecule has 0 atom stereocenters. The molecule has 4 heteroatoms. The summed E-state index contributed by atoms with van der Waals surface area (Å²) in [6.45, 7) is 0.147. The van der Waals surface area contributed by atoms with Crippen LogP contribution in [0.2, 0.25) is 0 Å². The van der Waals surface area contributed by atoms with Gasteiger partial charge in [-0.15, -0.1) is 0 Å². The zero-order valence-electron chi connectivity index (χ0n) is 8.49. The molecule has 1 aromatic carbocycles. The molecule has 0 saturated carbocycles. The molecule has 15 heavy (non-hydrogen) atoms. The van der Waals surface area contributed by atoms with E-state index >= 15 is 0 Å². The highest BCUT2D eigenvalue weighted by Gasteiger charge is 1.99. The van der Waals surface area contributed by atoms with Crippen LogP contribution in [0.4, 0.5) is 5.69 Å². The van der Waals surface area contributed by atoms with Crippen molar-refractivity contribution in [1.82, 2.24) is 0 Å². The van der Waals surface area contributed by atoms with Crippen molar-refractivity contribution < 1.29 is 9.53 Å². The van der Waals surface area contributed by atoms with Gasteiger partial charge in [-0.3, -0.25) is 4.79 Å². The summed E-state index contributed by atoms with van der Waals surface area (Å²) in [5.41, 5.74) is 1.79. The Balaban J connectivity index is 2.50. The second-order valence-electron chi connectivity index (χ2n) is 2.96. The monoisotopic (exact) mass is 204 g/mol. The topological polar surface area (TPSA) is 62.1 Å². The quantitative estimate of drug-likeness (QED) is 0.752. The number of rotatable bonds is 4. The highest BCUT2D eigenvalue weighted by atomic mass is 16.5. The lowest BCUT2D eigenvalue weighted by atomic mass is 10.1. The smallest absolute Gasteiger partial charge is 0.325 e. The highest BCUT2D eigenvalue weighted by molar-refractivity contribution is 5.74. The molecule has 1 N–H and O–H groups in total. The Kier molecular flexibility index (Phi) is 4.17. The van der Waals surface area contributed by atoms with Gasteiger partial charge in [-0.2, -0.15) is 5.26 Å². The first-order chi connectivity index (χ1) is 7.26. The second kappa shape index (κ2) is 5.66. The highest BCUT2D eigenvalue weighted by Crippen LogP contribution is 2.09. The molecule has 0 spiro atoms. The fourth-order valence-electron chi connectivity index (χ4n) is 1.08. The van der Waals surface area contributed by atoms with E-state index in [1.54, 1.807) is 0 Å². The van der Waals surface area contributed by atoms with Crippen LogP contribution in [0.5, 0.6) is 0 Å². The van der Waals surface area contributed by atoms with Crippen LogP contribution < -0.4 is 5.32 Å². The van der Waals surface area contributed by atoms with E-state index in [2.05, 4.69) is 16.1 Å². The van der Waals surface area contributed by atoms with Gasteiger partial charge in [0.1, 0.15) is 6.54 Å². The Morgan fingerprint density at radius 3 is 2.67 bits per heavy atom. The van der Waals surface area contributed by atoms with Crippen LogP contribution in [0.25, 0.3) is 0 Å². The molecule has 1 aromatic rings. The number of hydrogen-bond acceptors (Lipinski definition) is 4. The van der Waals surface area contributed by atoms with Gasteiger partial charge < -0.3 is 10.1 Å². The van der Waals surface area contributed by atoms with Crippen LogP contribution in [0.15, 0.2) is 24.3 Å². The molecule has 0 aliphatic heterocycles. The van der Waals surface area contributed by atoms with Gasteiger partial charge in [0, 0.05) is 5.69 Å². The maximum atomic E-state index is 10.8. The third kappa shape index (κ3) is 3.69. The summed E-state index contributed by atoms with van der Waals surface area (Å²) in [5.74, 6) is -0.309. The summed E-state index contributed by atoms with van der Waals surface area (Å²) in [4.78, 5) is 10.8. The molecular weight excluding hydrogens is 192 g/mol. The minimum Gasteiger partial charge on any atom is -0.468 e.